The van der Waals surface area contributed by atoms with Crippen molar-refractivity contribution < 1.29 is 15.0 Å². The first kappa shape index (κ1) is 13.7. The summed E-state index contributed by atoms with van der Waals surface area (Å²) >= 11 is 0. The van der Waals surface area contributed by atoms with Gasteiger partial charge in [0.1, 0.15) is 5.69 Å². The van der Waals surface area contributed by atoms with Crippen LogP contribution in [0.4, 0.5) is 0 Å². The fraction of sp³-hybridized carbons (Fsp3) is 0.167. The largest absolute Gasteiger partial charge is 0.501 e. The molecule has 0 aliphatic heterocycles. The van der Waals surface area contributed by atoms with Crippen molar-refractivity contribution in [1.82, 2.24) is 20.3 Å². The summed E-state index contributed by atoms with van der Waals surface area (Å²) in [5.74, 6) is -1.46. The Morgan fingerprint density at radius 1 is 1.40 bits per heavy atom. The highest BCUT2D eigenvalue weighted by Gasteiger charge is 2.18. The molecule has 2 rings (SSSR count). The Kier molecular flexibility index (Phi) is 4.06. The predicted octanol–water partition coefficient (Wildman–Crippen LogP) is -0.740. The average molecular weight is 276 g/mol. The SMILES string of the molecule is O=C(NCCO)c1nc(-c2ccccn2)[nH]c(=O)c1O. The molecule has 104 valence electrons. The third kappa shape index (κ3) is 2.81. The van der Waals surface area contributed by atoms with Gasteiger partial charge in [-0.25, -0.2) is 4.98 Å². The van der Waals surface area contributed by atoms with Gasteiger partial charge in [-0.2, -0.15) is 0 Å². The summed E-state index contributed by atoms with van der Waals surface area (Å²) in [6, 6.07) is 4.99. The zero-order valence-electron chi connectivity index (χ0n) is 10.3. The lowest BCUT2D eigenvalue weighted by atomic mass is 10.3. The minimum absolute atomic E-state index is 0.00826. The highest BCUT2D eigenvalue weighted by Crippen LogP contribution is 2.14. The minimum Gasteiger partial charge on any atom is -0.501 e. The standard InChI is InChI=1S/C12H12N4O4/c17-6-5-14-11(19)8-9(18)12(20)16-10(15-8)7-3-1-2-4-13-7/h1-4,17-18H,5-6H2,(H,14,19)(H,15,16,20). The van der Waals surface area contributed by atoms with E-state index in [4.69, 9.17) is 5.11 Å². The molecule has 0 aromatic carbocycles. The van der Waals surface area contributed by atoms with Crippen LogP contribution < -0.4 is 10.9 Å². The van der Waals surface area contributed by atoms with Crippen molar-refractivity contribution in [1.29, 1.82) is 0 Å². The van der Waals surface area contributed by atoms with Crippen molar-refractivity contribution in [2.75, 3.05) is 13.2 Å². The molecule has 0 fully saturated rings. The van der Waals surface area contributed by atoms with Gasteiger partial charge in [0.15, 0.2) is 11.5 Å². The number of nitrogens with zero attached hydrogens (tertiary/aromatic N) is 2. The molecule has 0 unspecified atom stereocenters. The van der Waals surface area contributed by atoms with E-state index in [9.17, 15) is 14.7 Å². The summed E-state index contributed by atoms with van der Waals surface area (Å²) < 4.78 is 0. The average Bonchev–Trinajstić information content (AvgIpc) is 2.48. The van der Waals surface area contributed by atoms with Crippen molar-refractivity contribution >= 4 is 5.91 Å². The zero-order valence-corrected chi connectivity index (χ0v) is 10.3. The van der Waals surface area contributed by atoms with Crippen LogP contribution in [0, 0.1) is 0 Å². The molecule has 20 heavy (non-hydrogen) atoms. The fourth-order valence-corrected chi connectivity index (χ4v) is 1.50. The Morgan fingerprint density at radius 3 is 2.85 bits per heavy atom. The molecule has 0 bridgehead atoms. The van der Waals surface area contributed by atoms with E-state index in [-0.39, 0.29) is 19.0 Å². The van der Waals surface area contributed by atoms with Gasteiger partial charge in [0.05, 0.1) is 6.61 Å². The van der Waals surface area contributed by atoms with Crippen LogP contribution in [-0.2, 0) is 0 Å². The Labute approximate surface area is 113 Å². The maximum Gasteiger partial charge on any atom is 0.294 e. The predicted molar refractivity (Wildman–Crippen MR) is 69.2 cm³/mol. The number of aliphatic hydroxyl groups is 1. The number of aromatic amines is 1. The molecule has 0 spiro atoms. The van der Waals surface area contributed by atoms with E-state index in [1.807, 2.05) is 0 Å². The van der Waals surface area contributed by atoms with Gasteiger partial charge >= 0.3 is 0 Å². The van der Waals surface area contributed by atoms with Crippen molar-refractivity contribution in [2.24, 2.45) is 0 Å². The summed E-state index contributed by atoms with van der Waals surface area (Å²) in [5.41, 5.74) is -0.890. The highest BCUT2D eigenvalue weighted by atomic mass is 16.3. The van der Waals surface area contributed by atoms with Crippen molar-refractivity contribution in [3.05, 3.63) is 40.4 Å². The quantitative estimate of drug-likeness (QED) is 0.582. The molecule has 2 aromatic rings. The van der Waals surface area contributed by atoms with Crippen LogP contribution in [0.1, 0.15) is 10.5 Å². The summed E-state index contributed by atoms with van der Waals surface area (Å²) in [6.45, 7) is -0.269. The van der Waals surface area contributed by atoms with Crippen LogP contribution in [0.15, 0.2) is 29.2 Å². The second-order valence-corrected chi connectivity index (χ2v) is 3.81. The van der Waals surface area contributed by atoms with Crippen LogP contribution in [0.2, 0.25) is 0 Å². The third-order valence-electron chi connectivity index (χ3n) is 2.41. The van der Waals surface area contributed by atoms with E-state index < -0.39 is 22.9 Å². The Hall–Kier alpha value is -2.74. The van der Waals surface area contributed by atoms with E-state index in [0.717, 1.165) is 0 Å². The van der Waals surface area contributed by atoms with Gasteiger partial charge in [0, 0.05) is 12.7 Å². The molecule has 2 heterocycles. The summed E-state index contributed by atoms with van der Waals surface area (Å²) in [4.78, 5) is 33.6. The second-order valence-electron chi connectivity index (χ2n) is 3.81. The van der Waals surface area contributed by atoms with E-state index in [1.165, 1.54) is 6.20 Å². The van der Waals surface area contributed by atoms with Gasteiger partial charge in [0.2, 0.25) is 5.75 Å². The smallest absolute Gasteiger partial charge is 0.294 e. The zero-order chi connectivity index (χ0) is 14.5. The van der Waals surface area contributed by atoms with E-state index in [2.05, 4.69) is 20.3 Å². The lowest BCUT2D eigenvalue weighted by Crippen LogP contribution is -2.29. The number of hydrogen-bond acceptors (Lipinski definition) is 6. The monoisotopic (exact) mass is 276 g/mol. The number of aromatic hydroxyl groups is 1. The van der Waals surface area contributed by atoms with E-state index >= 15 is 0 Å². The van der Waals surface area contributed by atoms with E-state index in [1.54, 1.807) is 18.2 Å². The molecule has 0 radical (unpaired) electrons. The van der Waals surface area contributed by atoms with Crippen molar-refractivity contribution in [2.45, 2.75) is 0 Å². The van der Waals surface area contributed by atoms with Crippen molar-refractivity contribution in [3.8, 4) is 17.3 Å². The molecule has 0 atom stereocenters. The van der Waals surface area contributed by atoms with Crippen molar-refractivity contribution in [3.63, 3.8) is 0 Å². The van der Waals surface area contributed by atoms with Crippen LogP contribution in [-0.4, -0.2) is 44.2 Å². The molecular formula is C12H12N4O4. The van der Waals surface area contributed by atoms with Gasteiger partial charge in [-0.05, 0) is 12.1 Å². The fourth-order valence-electron chi connectivity index (χ4n) is 1.50. The minimum atomic E-state index is -0.838. The molecular weight excluding hydrogens is 264 g/mol. The van der Waals surface area contributed by atoms with Gasteiger partial charge in [0.25, 0.3) is 11.5 Å². The number of aliphatic hydroxyl groups excluding tert-OH is 1. The Morgan fingerprint density at radius 2 is 2.20 bits per heavy atom. The Bertz CT molecular complexity index is 669. The number of hydrogen-bond donors (Lipinski definition) is 4. The van der Waals surface area contributed by atoms with Crippen LogP contribution in [0.5, 0.6) is 5.75 Å². The Balaban J connectivity index is 2.45. The second kappa shape index (κ2) is 5.93. The number of amides is 1. The van der Waals surface area contributed by atoms with Crippen LogP contribution >= 0.6 is 0 Å². The van der Waals surface area contributed by atoms with Crippen LogP contribution in [0.25, 0.3) is 11.5 Å². The molecule has 0 aliphatic rings. The molecule has 4 N–H and O–H groups in total. The summed E-state index contributed by atoms with van der Waals surface area (Å²) in [6.07, 6.45) is 1.51. The molecule has 2 aromatic heterocycles. The summed E-state index contributed by atoms with van der Waals surface area (Å²) in [5, 5.41) is 20.5. The summed E-state index contributed by atoms with van der Waals surface area (Å²) in [7, 11) is 0. The molecule has 0 saturated carbocycles. The maximum atomic E-state index is 11.7. The number of H-pyrrole nitrogens is 1. The number of carbonyl (C=O) groups excluding carboxylic acids is 1. The normalized spacial score (nSPS) is 10.2. The highest BCUT2D eigenvalue weighted by molar-refractivity contribution is 5.95. The van der Waals surface area contributed by atoms with Gasteiger partial charge < -0.3 is 20.5 Å². The van der Waals surface area contributed by atoms with Gasteiger partial charge in [-0.15, -0.1) is 0 Å². The number of carbonyl (C=O) groups is 1. The lowest BCUT2D eigenvalue weighted by molar-refractivity contribution is 0.0936. The third-order valence-corrected chi connectivity index (χ3v) is 2.41. The molecule has 8 heteroatoms. The number of pyridine rings is 1. The number of rotatable bonds is 4. The van der Waals surface area contributed by atoms with Gasteiger partial charge in [-0.3, -0.25) is 14.6 Å². The first-order chi connectivity index (χ1) is 9.63. The lowest BCUT2D eigenvalue weighted by Gasteiger charge is -2.06. The molecule has 8 nitrogen and oxygen atoms in total. The topological polar surface area (TPSA) is 128 Å². The molecule has 0 saturated heterocycles. The maximum absolute atomic E-state index is 11.7. The van der Waals surface area contributed by atoms with Gasteiger partial charge in [-0.1, -0.05) is 6.07 Å². The molecule has 1 amide bonds. The first-order valence-corrected chi connectivity index (χ1v) is 5.77. The van der Waals surface area contributed by atoms with Crippen LogP contribution in [0.3, 0.4) is 0 Å². The number of nitrogens with one attached hydrogen (secondary N) is 2. The number of aromatic nitrogens is 3. The first-order valence-electron chi connectivity index (χ1n) is 5.77. The van der Waals surface area contributed by atoms with E-state index in [0.29, 0.717) is 5.69 Å². The molecule has 0 aliphatic carbocycles.